The zero-order valence-electron chi connectivity index (χ0n) is 16.0. The first-order chi connectivity index (χ1) is 13.7. The molecule has 2 heterocycles. The van der Waals surface area contributed by atoms with Crippen molar-refractivity contribution < 1.29 is 24.7 Å². The van der Waals surface area contributed by atoms with Crippen molar-refractivity contribution in [3.63, 3.8) is 0 Å². The van der Waals surface area contributed by atoms with Gasteiger partial charge in [-0.1, -0.05) is 5.92 Å². The lowest BCUT2D eigenvalue weighted by Gasteiger charge is -2.22. The Bertz CT molecular complexity index is 890. The molecule has 1 fully saturated rings. The zero-order chi connectivity index (χ0) is 19.8. The van der Waals surface area contributed by atoms with Crippen molar-refractivity contribution in [3.05, 3.63) is 57.4 Å². The fourth-order valence-corrected chi connectivity index (χ4v) is 2.58. The fraction of sp³-hybridized carbons (Fsp3) is 0.381. The van der Waals surface area contributed by atoms with Gasteiger partial charge in [-0.3, -0.25) is 4.79 Å². The van der Waals surface area contributed by atoms with Crippen LogP contribution in [0, 0.1) is 18.8 Å². The van der Waals surface area contributed by atoms with Crippen LogP contribution < -0.4 is 20.6 Å². The molecule has 1 unspecified atom stereocenters. The molecule has 148 valence electrons. The number of aromatic amines is 1. The van der Waals surface area contributed by atoms with Gasteiger partial charge in [0.2, 0.25) is 0 Å². The minimum Gasteiger partial charge on any atom is -0.488 e. The molecular weight excluding hydrogens is 360 g/mol. The number of quaternary nitrogens is 1. The van der Waals surface area contributed by atoms with Crippen LogP contribution in [-0.4, -0.2) is 50.7 Å². The Hall–Kier alpha value is -2.79. The lowest BCUT2D eigenvalue weighted by atomic mass is 10.1. The molecule has 1 aromatic heterocycles. The maximum atomic E-state index is 12.2. The minimum atomic E-state index is -0.141. The predicted molar refractivity (Wildman–Crippen MR) is 104 cm³/mol. The molecule has 1 atom stereocenters. The highest BCUT2D eigenvalue weighted by molar-refractivity contribution is 5.45. The van der Waals surface area contributed by atoms with E-state index < -0.39 is 0 Å². The van der Waals surface area contributed by atoms with E-state index in [-0.39, 0.29) is 11.5 Å². The standard InChI is InChI=1S/C21H24N2O5/c1-15-19(7-4-16-2-5-17(6-3-16)26-9-8-22)23-21(12-20(15)24)28-14-18-13-25-10-11-27-18/h2-3,5-6,12,18H,8-11,13-14,22H2,1H3,(H,23,24)/p+1. The highest BCUT2D eigenvalue weighted by Gasteiger charge is 2.15. The first kappa shape index (κ1) is 20.0. The van der Waals surface area contributed by atoms with Crippen molar-refractivity contribution >= 4 is 0 Å². The smallest absolute Gasteiger partial charge is 0.195 e. The van der Waals surface area contributed by atoms with Gasteiger partial charge in [-0.25, -0.2) is 0 Å². The van der Waals surface area contributed by atoms with Gasteiger partial charge in [0.05, 0.1) is 25.5 Å². The van der Waals surface area contributed by atoms with Gasteiger partial charge in [0.15, 0.2) is 11.3 Å². The summed E-state index contributed by atoms with van der Waals surface area (Å²) in [6.07, 6.45) is -0.141. The number of H-pyrrole nitrogens is 1. The molecule has 0 bridgehead atoms. The summed E-state index contributed by atoms with van der Waals surface area (Å²) in [5.74, 6) is 7.22. The average molecular weight is 385 g/mol. The first-order valence-corrected chi connectivity index (χ1v) is 9.26. The topological polar surface area (TPSA) is 97.4 Å². The molecule has 0 saturated carbocycles. The van der Waals surface area contributed by atoms with Crippen LogP contribution in [0.25, 0.3) is 0 Å². The lowest BCUT2D eigenvalue weighted by Crippen LogP contribution is -2.52. The number of hydrogen-bond acceptors (Lipinski definition) is 5. The highest BCUT2D eigenvalue weighted by Crippen LogP contribution is 2.12. The lowest BCUT2D eigenvalue weighted by molar-refractivity contribution is -0.370. The molecule has 0 spiro atoms. The minimum absolute atomic E-state index is 0.129. The van der Waals surface area contributed by atoms with Crippen molar-refractivity contribution in [1.29, 1.82) is 0 Å². The normalized spacial score (nSPS) is 16.1. The average Bonchev–Trinajstić information content (AvgIpc) is 2.73. The van der Waals surface area contributed by atoms with E-state index in [1.807, 2.05) is 24.3 Å². The summed E-state index contributed by atoms with van der Waals surface area (Å²) in [6.45, 7) is 4.97. The molecule has 4 N–H and O–H groups in total. The van der Waals surface area contributed by atoms with Crippen LogP contribution in [0.5, 0.6) is 11.6 Å². The highest BCUT2D eigenvalue weighted by atomic mass is 16.6. The second-order valence-electron chi connectivity index (χ2n) is 6.35. The van der Waals surface area contributed by atoms with Gasteiger partial charge in [0.25, 0.3) is 0 Å². The number of hydrogen-bond donors (Lipinski definition) is 2. The molecule has 1 aromatic carbocycles. The van der Waals surface area contributed by atoms with Crippen molar-refractivity contribution in [2.45, 2.75) is 13.0 Å². The Morgan fingerprint density at radius 2 is 2.04 bits per heavy atom. The summed E-state index contributed by atoms with van der Waals surface area (Å²) in [7, 11) is 0. The number of ether oxygens (including phenoxy) is 4. The second-order valence-corrected chi connectivity index (χ2v) is 6.35. The number of aromatic nitrogens is 1. The monoisotopic (exact) mass is 385 g/mol. The Morgan fingerprint density at radius 1 is 1.21 bits per heavy atom. The Labute approximate surface area is 163 Å². The molecule has 0 aliphatic carbocycles. The molecule has 0 amide bonds. The van der Waals surface area contributed by atoms with Crippen molar-refractivity contribution in [2.75, 3.05) is 39.6 Å². The summed E-state index contributed by atoms with van der Waals surface area (Å²) in [6, 6.07) is 8.90. The van der Waals surface area contributed by atoms with E-state index in [9.17, 15) is 4.79 Å². The summed E-state index contributed by atoms with van der Waals surface area (Å²) in [5, 5.41) is 0. The van der Waals surface area contributed by atoms with Gasteiger partial charge in [-0.2, -0.15) is 0 Å². The summed E-state index contributed by atoms with van der Waals surface area (Å²) in [4.78, 5) is 15.3. The van der Waals surface area contributed by atoms with Gasteiger partial charge in [0.1, 0.15) is 31.6 Å². The van der Waals surface area contributed by atoms with Crippen LogP contribution in [0.2, 0.25) is 0 Å². The molecule has 1 saturated heterocycles. The van der Waals surface area contributed by atoms with Gasteiger partial charge in [-0.15, -0.1) is 0 Å². The van der Waals surface area contributed by atoms with E-state index in [4.69, 9.17) is 18.9 Å². The van der Waals surface area contributed by atoms with E-state index in [0.29, 0.717) is 56.7 Å². The fourth-order valence-electron chi connectivity index (χ4n) is 2.58. The van der Waals surface area contributed by atoms with Gasteiger partial charge >= 0.3 is 0 Å². The van der Waals surface area contributed by atoms with Crippen LogP contribution in [0.1, 0.15) is 16.8 Å². The number of rotatable bonds is 6. The maximum absolute atomic E-state index is 12.2. The summed E-state index contributed by atoms with van der Waals surface area (Å²) >= 11 is 0. The zero-order valence-corrected chi connectivity index (χ0v) is 16.0. The second kappa shape index (κ2) is 9.95. The Morgan fingerprint density at radius 3 is 2.75 bits per heavy atom. The van der Waals surface area contributed by atoms with Crippen LogP contribution in [0.15, 0.2) is 35.1 Å². The molecule has 1 aliphatic rings. The number of benzene rings is 1. The predicted octanol–water partition coefficient (Wildman–Crippen LogP) is 0.498. The van der Waals surface area contributed by atoms with Crippen LogP contribution in [-0.2, 0) is 9.47 Å². The summed E-state index contributed by atoms with van der Waals surface area (Å²) in [5.41, 5.74) is 5.51. The molecular formula is C21H25N2O5+. The van der Waals surface area contributed by atoms with Gasteiger partial charge < -0.3 is 29.7 Å². The third-order valence-electron chi connectivity index (χ3n) is 4.16. The molecule has 7 nitrogen and oxygen atoms in total. The third kappa shape index (κ3) is 5.60. The number of nitrogens with one attached hydrogen (secondary N) is 1. The molecule has 28 heavy (non-hydrogen) atoms. The molecule has 7 heteroatoms. The van der Waals surface area contributed by atoms with Crippen LogP contribution >= 0.6 is 0 Å². The van der Waals surface area contributed by atoms with E-state index >= 15 is 0 Å². The maximum Gasteiger partial charge on any atom is 0.195 e. The first-order valence-electron chi connectivity index (χ1n) is 9.26. The van der Waals surface area contributed by atoms with Crippen LogP contribution in [0.4, 0.5) is 0 Å². The molecule has 1 aliphatic heterocycles. The van der Waals surface area contributed by atoms with Crippen molar-refractivity contribution in [1.82, 2.24) is 4.98 Å². The Kier molecular flexibility index (Phi) is 7.09. The molecule has 2 aromatic rings. The largest absolute Gasteiger partial charge is 0.488 e. The van der Waals surface area contributed by atoms with E-state index in [2.05, 4.69) is 22.6 Å². The van der Waals surface area contributed by atoms with E-state index in [1.54, 1.807) is 6.92 Å². The van der Waals surface area contributed by atoms with Crippen molar-refractivity contribution in [2.24, 2.45) is 0 Å². The van der Waals surface area contributed by atoms with E-state index in [0.717, 1.165) is 11.3 Å². The van der Waals surface area contributed by atoms with Crippen LogP contribution in [0.3, 0.4) is 0 Å². The van der Waals surface area contributed by atoms with Crippen molar-refractivity contribution in [3.8, 4) is 23.5 Å². The number of pyridine rings is 1. The SMILES string of the molecule is Cc1c(C#Cc2ccc(OCC[NH3+])cc2)[nH]c(OCC2COCCO2)cc1=O. The van der Waals surface area contributed by atoms with Gasteiger partial charge in [0, 0.05) is 17.2 Å². The van der Waals surface area contributed by atoms with Gasteiger partial charge in [-0.05, 0) is 37.1 Å². The Balaban J connectivity index is 1.70. The quantitative estimate of drug-likeness (QED) is 0.706. The summed E-state index contributed by atoms with van der Waals surface area (Å²) < 4.78 is 22.1. The van der Waals surface area contributed by atoms with E-state index in [1.165, 1.54) is 6.07 Å². The molecule has 3 rings (SSSR count). The third-order valence-corrected chi connectivity index (χ3v) is 4.16. The molecule has 0 radical (unpaired) electrons.